The first kappa shape index (κ1) is 15.7. The second kappa shape index (κ2) is 6.23. The molecule has 2 nitrogen and oxygen atoms in total. The van der Waals surface area contributed by atoms with E-state index in [4.69, 9.17) is 4.74 Å². The van der Waals surface area contributed by atoms with Gasteiger partial charge in [-0.05, 0) is 28.9 Å². The molecule has 1 rings (SSSR count). The van der Waals surface area contributed by atoms with E-state index in [1.807, 2.05) is 0 Å². The summed E-state index contributed by atoms with van der Waals surface area (Å²) in [4.78, 5) is 10.8. The van der Waals surface area contributed by atoms with Gasteiger partial charge in [-0.3, -0.25) is 0 Å². The maximum absolute atomic E-state index is 10.8. The average molecular weight is 262 g/mol. The molecule has 0 amide bonds. The Morgan fingerprint density at radius 1 is 1.32 bits per heavy atom. The van der Waals surface area contributed by atoms with Crippen molar-refractivity contribution in [2.45, 2.75) is 58.8 Å². The third kappa shape index (κ3) is 3.59. The summed E-state index contributed by atoms with van der Waals surface area (Å²) in [6.07, 6.45) is 2.51. The minimum Gasteiger partial charge on any atom is -0.496 e. The molecule has 0 radical (unpaired) electrons. The van der Waals surface area contributed by atoms with E-state index in [0.717, 1.165) is 24.0 Å². The molecular weight excluding hydrogens is 236 g/mol. The molecule has 1 aromatic rings. The van der Waals surface area contributed by atoms with Crippen LogP contribution >= 0.6 is 0 Å². The molecular formula is C17H26O2. The molecule has 0 aliphatic heterocycles. The highest BCUT2D eigenvalue weighted by atomic mass is 16.5. The summed E-state index contributed by atoms with van der Waals surface area (Å²) in [5.41, 5.74) is 3.71. The third-order valence-corrected chi connectivity index (χ3v) is 3.58. The molecule has 0 N–H and O–H groups in total. The van der Waals surface area contributed by atoms with Crippen molar-refractivity contribution < 1.29 is 9.53 Å². The van der Waals surface area contributed by atoms with Crippen LogP contribution < -0.4 is 4.74 Å². The normalized spacial score (nSPS) is 13.2. The van der Waals surface area contributed by atoms with E-state index in [-0.39, 0.29) is 11.3 Å². The molecule has 0 saturated heterocycles. The molecule has 0 saturated carbocycles. The lowest BCUT2D eigenvalue weighted by Gasteiger charge is -2.26. The SMILES string of the molecule is CCc1cc(C(C)CC=O)c(OC)c(C(C)(C)C)c1. The van der Waals surface area contributed by atoms with Gasteiger partial charge in [0.05, 0.1) is 7.11 Å². The summed E-state index contributed by atoms with van der Waals surface area (Å²) in [5.74, 6) is 1.14. The van der Waals surface area contributed by atoms with Crippen LogP contribution in [-0.2, 0) is 16.6 Å². The Labute approximate surface area is 117 Å². The molecule has 0 aliphatic rings. The minimum absolute atomic E-state index is 0.0339. The molecule has 0 spiro atoms. The Morgan fingerprint density at radius 3 is 2.37 bits per heavy atom. The molecule has 0 bridgehead atoms. The average Bonchev–Trinajstić information content (AvgIpc) is 2.36. The van der Waals surface area contributed by atoms with Gasteiger partial charge in [-0.1, -0.05) is 46.8 Å². The first-order valence-electron chi connectivity index (χ1n) is 7.00. The molecule has 1 atom stereocenters. The lowest BCUT2D eigenvalue weighted by molar-refractivity contribution is -0.108. The van der Waals surface area contributed by atoms with Crippen LogP contribution in [0.25, 0.3) is 0 Å². The number of rotatable bonds is 5. The van der Waals surface area contributed by atoms with Crippen LogP contribution in [0, 0.1) is 0 Å². The van der Waals surface area contributed by atoms with Crippen molar-refractivity contribution in [2.24, 2.45) is 0 Å². The van der Waals surface area contributed by atoms with E-state index >= 15 is 0 Å². The standard InChI is InChI=1S/C17H26O2/c1-7-13-10-14(12(2)8-9-18)16(19-6)15(11-13)17(3,4)5/h9-12H,7-8H2,1-6H3. The number of ether oxygens (including phenoxy) is 1. The van der Waals surface area contributed by atoms with Gasteiger partial charge in [-0.2, -0.15) is 0 Å². The van der Waals surface area contributed by atoms with Crippen molar-refractivity contribution in [3.8, 4) is 5.75 Å². The van der Waals surface area contributed by atoms with E-state index in [1.165, 1.54) is 11.1 Å². The zero-order valence-corrected chi connectivity index (χ0v) is 13.0. The van der Waals surface area contributed by atoms with Gasteiger partial charge in [-0.15, -0.1) is 0 Å². The fourth-order valence-electron chi connectivity index (χ4n) is 2.34. The van der Waals surface area contributed by atoms with Gasteiger partial charge >= 0.3 is 0 Å². The molecule has 0 aromatic heterocycles. The smallest absolute Gasteiger partial charge is 0.126 e. The Hall–Kier alpha value is -1.31. The summed E-state index contributed by atoms with van der Waals surface area (Å²) in [7, 11) is 1.72. The topological polar surface area (TPSA) is 26.3 Å². The number of methoxy groups -OCH3 is 1. The van der Waals surface area contributed by atoms with Gasteiger partial charge in [0.25, 0.3) is 0 Å². The number of aldehydes is 1. The van der Waals surface area contributed by atoms with Crippen molar-refractivity contribution in [1.29, 1.82) is 0 Å². The lowest BCUT2D eigenvalue weighted by Crippen LogP contribution is -2.15. The maximum Gasteiger partial charge on any atom is 0.126 e. The first-order valence-corrected chi connectivity index (χ1v) is 7.00. The molecule has 0 aliphatic carbocycles. The summed E-state index contributed by atoms with van der Waals surface area (Å²) in [6.45, 7) is 10.8. The summed E-state index contributed by atoms with van der Waals surface area (Å²) < 4.78 is 5.65. The van der Waals surface area contributed by atoms with Crippen LogP contribution in [0.1, 0.15) is 63.6 Å². The molecule has 0 heterocycles. The van der Waals surface area contributed by atoms with Crippen LogP contribution in [0.15, 0.2) is 12.1 Å². The zero-order chi connectivity index (χ0) is 14.6. The fourth-order valence-corrected chi connectivity index (χ4v) is 2.34. The predicted molar refractivity (Wildman–Crippen MR) is 80.2 cm³/mol. The van der Waals surface area contributed by atoms with E-state index in [9.17, 15) is 4.79 Å². The van der Waals surface area contributed by atoms with Crippen LogP contribution in [0.4, 0.5) is 0 Å². The minimum atomic E-state index is 0.0339. The molecule has 106 valence electrons. The Morgan fingerprint density at radius 2 is 1.95 bits per heavy atom. The van der Waals surface area contributed by atoms with Gasteiger partial charge < -0.3 is 9.53 Å². The van der Waals surface area contributed by atoms with Crippen LogP contribution in [-0.4, -0.2) is 13.4 Å². The monoisotopic (exact) mass is 262 g/mol. The van der Waals surface area contributed by atoms with E-state index in [2.05, 4.69) is 46.8 Å². The Kier molecular flexibility index (Phi) is 5.16. The van der Waals surface area contributed by atoms with E-state index in [0.29, 0.717) is 6.42 Å². The van der Waals surface area contributed by atoms with E-state index in [1.54, 1.807) is 7.11 Å². The molecule has 1 unspecified atom stereocenters. The molecule has 0 fully saturated rings. The number of hydrogen-bond acceptors (Lipinski definition) is 2. The second-order valence-corrected chi connectivity index (χ2v) is 6.17. The number of benzene rings is 1. The number of carbonyl (C=O) groups excluding carboxylic acids is 1. The number of carbonyl (C=O) groups is 1. The van der Waals surface area contributed by atoms with Crippen molar-refractivity contribution in [3.05, 3.63) is 28.8 Å². The fraction of sp³-hybridized carbons (Fsp3) is 0.588. The van der Waals surface area contributed by atoms with Crippen LogP contribution in [0.2, 0.25) is 0 Å². The van der Waals surface area contributed by atoms with Crippen LogP contribution in [0.3, 0.4) is 0 Å². The summed E-state index contributed by atoms with van der Waals surface area (Å²) >= 11 is 0. The van der Waals surface area contributed by atoms with Gasteiger partial charge in [0, 0.05) is 12.0 Å². The van der Waals surface area contributed by atoms with Gasteiger partial charge in [0.15, 0.2) is 0 Å². The summed E-state index contributed by atoms with van der Waals surface area (Å²) in [6, 6.07) is 4.41. The van der Waals surface area contributed by atoms with Crippen molar-refractivity contribution in [3.63, 3.8) is 0 Å². The van der Waals surface area contributed by atoms with Crippen molar-refractivity contribution in [1.82, 2.24) is 0 Å². The number of aryl methyl sites for hydroxylation is 1. The zero-order valence-electron chi connectivity index (χ0n) is 13.0. The maximum atomic E-state index is 10.8. The Bertz CT molecular complexity index is 441. The second-order valence-electron chi connectivity index (χ2n) is 6.17. The third-order valence-electron chi connectivity index (χ3n) is 3.58. The van der Waals surface area contributed by atoms with Gasteiger partial charge in [0.2, 0.25) is 0 Å². The largest absolute Gasteiger partial charge is 0.496 e. The predicted octanol–water partition coefficient (Wildman–Crippen LogP) is 4.25. The van der Waals surface area contributed by atoms with Gasteiger partial charge in [-0.25, -0.2) is 0 Å². The highest BCUT2D eigenvalue weighted by Crippen LogP contribution is 2.39. The molecule has 19 heavy (non-hydrogen) atoms. The van der Waals surface area contributed by atoms with Crippen molar-refractivity contribution in [2.75, 3.05) is 7.11 Å². The lowest BCUT2D eigenvalue weighted by atomic mass is 9.81. The molecule has 2 heteroatoms. The number of hydrogen-bond donors (Lipinski definition) is 0. The first-order chi connectivity index (χ1) is 8.85. The van der Waals surface area contributed by atoms with Gasteiger partial charge in [0.1, 0.15) is 12.0 Å². The molecule has 1 aromatic carbocycles. The quantitative estimate of drug-likeness (QED) is 0.742. The van der Waals surface area contributed by atoms with E-state index < -0.39 is 0 Å². The summed E-state index contributed by atoms with van der Waals surface area (Å²) in [5, 5.41) is 0. The highest BCUT2D eigenvalue weighted by molar-refractivity contribution is 5.55. The van der Waals surface area contributed by atoms with Crippen molar-refractivity contribution >= 4 is 6.29 Å². The van der Waals surface area contributed by atoms with Crippen LogP contribution in [0.5, 0.6) is 5.75 Å². The highest BCUT2D eigenvalue weighted by Gasteiger charge is 2.24. The Balaban J connectivity index is 3.47.